The normalized spacial score (nSPS) is 15.2. The van der Waals surface area contributed by atoms with Crippen LogP contribution in [0.5, 0.6) is 5.75 Å². The van der Waals surface area contributed by atoms with Gasteiger partial charge in [-0.15, -0.1) is 0 Å². The van der Waals surface area contributed by atoms with E-state index in [-0.39, 0.29) is 17.1 Å². The number of rotatable bonds is 5. The summed E-state index contributed by atoms with van der Waals surface area (Å²) in [6, 6.07) is 19.4. The van der Waals surface area contributed by atoms with Crippen molar-refractivity contribution in [2.24, 2.45) is 5.10 Å². The number of hydrogen-bond donors (Lipinski definition) is 1. The predicted octanol–water partition coefficient (Wildman–Crippen LogP) is 6.68. The monoisotopic (exact) mass is 502 g/mol. The fourth-order valence-electron chi connectivity index (χ4n) is 4.60. The Morgan fingerprint density at radius 3 is 2.50 bits per heavy atom. The summed E-state index contributed by atoms with van der Waals surface area (Å²) in [6.07, 6.45) is 0.336. The SMILES string of the molecule is Cc1cc(Cl)ccc1C1CC(c2ccc3ccccc3c2O)=NN1c1ccc([N+](=O)[O-])cc1[N+](=O)[O-]. The van der Waals surface area contributed by atoms with Crippen LogP contribution >= 0.6 is 11.6 Å². The number of halogens is 1. The first kappa shape index (κ1) is 23.3. The Labute approximate surface area is 210 Å². The van der Waals surface area contributed by atoms with E-state index >= 15 is 0 Å². The minimum absolute atomic E-state index is 0.0680. The van der Waals surface area contributed by atoms with E-state index < -0.39 is 21.6 Å². The lowest BCUT2D eigenvalue weighted by Crippen LogP contribution is -2.20. The van der Waals surface area contributed by atoms with Gasteiger partial charge < -0.3 is 5.11 Å². The third-order valence-electron chi connectivity index (χ3n) is 6.33. The summed E-state index contributed by atoms with van der Waals surface area (Å²) in [5, 5.41) is 42.5. The van der Waals surface area contributed by atoms with Crippen LogP contribution in [0.3, 0.4) is 0 Å². The van der Waals surface area contributed by atoms with Crippen LogP contribution < -0.4 is 5.01 Å². The molecule has 1 aliphatic heterocycles. The number of nitrogens with zero attached hydrogens (tertiary/aromatic N) is 4. The molecule has 1 aliphatic rings. The number of anilines is 1. The Bertz CT molecular complexity index is 1590. The molecule has 0 aromatic heterocycles. The second-order valence-electron chi connectivity index (χ2n) is 8.48. The van der Waals surface area contributed by atoms with Crippen LogP contribution in [0.4, 0.5) is 17.1 Å². The second kappa shape index (κ2) is 8.94. The highest BCUT2D eigenvalue weighted by Gasteiger charge is 2.36. The third kappa shape index (κ3) is 3.99. The number of aryl methyl sites for hydroxylation is 1. The second-order valence-corrected chi connectivity index (χ2v) is 8.92. The maximum Gasteiger partial charge on any atom is 0.301 e. The van der Waals surface area contributed by atoms with Crippen molar-refractivity contribution in [3.63, 3.8) is 0 Å². The molecule has 0 bridgehead atoms. The highest BCUT2D eigenvalue weighted by Crippen LogP contribution is 2.44. The van der Waals surface area contributed by atoms with Crippen molar-refractivity contribution in [3.05, 3.63) is 115 Å². The van der Waals surface area contributed by atoms with Crippen LogP contribution in [0.25, 0.3) is 10.8 Å². The molecule has 0 spiro atoms. The number of hydrogen-bond acceptors (Lipinski definition) is 7. The average molecular weight is 503 g/mol. The van der Waals surface area contributed by atoms with Crippen molar-refractivity contribution in [2.75, 3.05) is 5.01 Å². The molecule has 10 heteroatoms. The first-order valence-corrected chi connectivity index (χ1v) is 11.4. The molecule has 0 radical (unpaired) electrons. The summed E-state index contributed by atoms with van der Waals surface area (Å²) >= 11 is 6.16. The summed E-state index contributed by atoms with van der Waals surface area (Å²) in [5.74, 6) is 0.0680. The van der Waals surface area contributed by atoms with Crippen LogP contribution in [0, 0.1) is 27.2 Å². The Kier molecular flexibility index (Phi) is 5.77. The summed E-state index contributed by atoms with van der Waals surface area (Å²) in [7, 11) is 0. The van der Waals surface area contributed by atoms with Crippen LogP contribution in [-0.2, 0) is 0 Å². The van der Waals surface area contributed by atoms with E-state index in [0.717, 1.165) is 22.6 Å². The zero-order valence-electron chi connectivity index (χ0n) is 19.0. The van der Waals surface area contributed by atoms with E-state index in [4.69, 9.17) is 16.7 Å². The number of aromatic hydroxyl groups is 1. The lowest BCUT2D eigenvalue weighted by molar-refractivity contribution is -0.393. The zero-order chi connectivity index (χ0) is 25.6. The topological polar surface area (TPSA) is 122 Å². The summed E-state index contributed by atoms with van der Waals surface area (Å²) < 4.78 is 0. The zero-order valence-corrected chi connectivity index (χ0v) is 19.7. The number of fused-ring (bicyclic) bond motifs is 1. The van der Waals surface area contributed by atoms with E-state index in [1.807, 2.05) is 43.3 Å². The van der Waals surface area contributed by atoms with Gasteiger partial charge in [0.05, 0.1) is 27.7 Å². The van der Waals surface area contributed by atoms with Gasteiger partial charge in [0.2, 0.25) is 0 Å². The van der Waals surface area contributed by atoms with Crippen LogP contribution in [0.2, 0.25) is 5.02 Å². The number of non-ortho nitro benzene ring substituents is 1. The van der Waals surface area contributed by atoms with Crippen molar-refractivity contribution < 1.29 is 15.0 Å². The largest absolute Gasteiger partial charge is 0.507 e. The summed E-state index contributed by atoms with van der Waals surface area (Å²) in [6.45, 7) is 1.88. The molecule has 180 valence electrons. The van der Waals surface area contributed by atoms with E-state index in [1.54, 1.807) is 18.2 Å². The third-order valence-corrected chi connectivity index (χ3v) is 6.56. The smallest absolute Gasteiger partial charge is 0.301 e. The maximum absolute atomic E-state index is 11.9. The molecule has 0 fully saturated rings. The molecule has 4 aromatic rings. The van der Waals surface area contributed by atoms with Crippen molar-refractivity contribution in [1.82, 2.24) is 0 Å². The van der Waals surface area contributed by atoms with Gasteiger partial charge in [0.1, 0.15) is 11.4 Å². The molecule has 0 aliphatic carbocycles. The average Bonchev–Trinajstić information content (AvgIpc) is 3.28. The van der Waals surface area contributed by atoms with Gasteiger partial charge in [0.25, 0.3) is 5.69 Å². The molecule has 4 aromatic carbocycles. The Morgan fingerprint density at radius 1 is 1.00 bits per heavy atom. The van der Waals surface area contributed by atoms with E-state index in [9.17, 15) is 25.3 Å². The lowest BCUT2D eigenvalue weighted by Gasteiger charge is -2.25. The molecular weight excluding hydrogens is 484 g/mol. The quantitative estimate of drug-likeness (QED) is 0.240. The van der Waals surface area contributed by atoms with Gasteiger partial charge >= 0.3 is 5.69 Å². The number of hydrazone groups is 1. The van der Waals surface area contributed by atoms with Crippen LogP contribution in [0.1, 0.15) is 29.2 Å². The summed E-state index contributed by atoms with van der Waals surface area (Å²) in [4.78, 5) is 21.8. The number of phenolic OH excluding ortho intramolecular Hbond substituents is 1. The summed E-state index contributed by atoms with van der Waals surface area (Å²) in [5.41, 5.74) is 2.03. The number of benzene rings is 4. The van der Waals surface area contributed by atoms with Gasteiger partial charge in [-0.25, -0.2) is 0 Å². The first-order chi connectivity index (χ1) is 17.2. The number of phenols is 1. The number of nitro groups is 2. The molecular formula is C26H19ClN4O5. The first-order valence-electron chi connectivity index (χ1n) is 11.0. The molecule has 0 saturated heterocycles. The van der Waals surface area contributed by atoms with Gasteiger partial charge in [-0.3, -0.25) is 25.2 Å². The Balaban J connectivity index is 1.69. The highest BCUT2D eigenvalue weighted by atomic mass is 35.5. The van der Waals surface area contributed by atoms with Gasteiger partial charge in [-0.05, 0) is 47.7 Å². The minimum atomic E-state index is -0.677. The molecule has 1 heterocycles. The van der Waals surface area contributed by atoms with E-state index in [0.29, 0.717) is 28.1 Å². The minimum Gasteiger partial charge on any atom is -0.507 e. The molecule has 1 unspecified atom stereocenters. The fourth-order valence-corrected chi connectivity index (χ4v) is 4.83. The van der Waals surface area contributed by atoms with Gasteiger partial charge in [-0.1, -0.05) is 48.0 Å². The van der Waals surface area contributed by atoms with Gasteiger partial charge in [0, 0.05) is 28.5 Å². The molecule has 36 heavy (non-hydrogen) atoms. The molecule has 5 rings (SSSR count). The van der Waals surface area contributed by atoms with Crippen molar-refractivity contribution in [2.45, 2.75) is 19.4 Å². The van der Waals surface area contributed by atoms with E-state index in [1.165, 1.54) is 17.1 Å². The Hall–Kier alpha value is -4.50. The molecule has 9 nitrogen and oxygen atoms in total. The highest BCUT2D eigenvalue weighted by molar-refractivity contribution is 6.30. The van der Waals surface area contributed by atoms with Crippen molar-refractivity contribution in [3.8, 4) is 5.75 Å². The fraction of sp³-hybridized carbons (Fsp3) is 0.115. The Morgan fingerprint density at radius 2 is 1.78 bits per heavy atom. The van der Waals surface area contributed by atoms with E-state index in [2.05, 4.69) is 0 Å². The maximum atomic E-state index is 11.9. The standard InChI is InChI=1S/C26H19ClN4O5/c1-15-12-17(27)7-10-19(15)24-14-22(21-9-6-16-4-2-3-5-20(16)26(21)32)28-29(24)23-11-8-18(30(33)34)13-25(23)31(35)36/h2-13,24,32H,14H2,1H3. The van der Waals surface area contributed by atoms with Crippen molar-refractivity contribution in [1.29, 1.82) is 0 Å². The molecule has 1 N–H and O–H groups in total. The number of nitro benzene ring substituents is 2. The van der Waals surface area contributed by atoms with Crippen LogP contribution in [0.15, 0.2) is 77.9 Å². The van der Waals surface area contributed by atoms with Crippen LogP contribution in [-0.4, -0.2) is 20.7 Å². The molecule has 0 saturated carbocycles. The predicted molar refractivity (Wildman–Crippen MR) is 138 cm³/mol. The van der Waals surface area contributed by atoms with Gasteiger partial charge in [0.15, 0.2) is 0 Å². The molecule has 1 atom stereocenters. The van der Waals surface area contributed by atoms with Crippen molar-refractivity contribution >= 4 is 45.1 Å². The molecule has 0 amide bonds. The lowest BCUT2D eigenvalue weighted by atomic mass is 9.93. The van der Waals surface area contributed by atoms with Gasteiger partial charge in [-0.2, -0.15) is 5.10 Å².